The minimum Gasteiger partial charge on any atom is -0.494 e. The van der Waals surface area contributed by atoms with Crippen molar-refractivity contribution in [2.45, 2.75) is 102 Å². The number of esters is 4. The number of ether oxygens (including phenoxy) is 6. The van der Waals surface area contributed by atoms with Gasteiger partial charge in [0.2, 0.25) is 0 Å². The van der Waals surface area contributed by atoms with E-state index in [2.05, 4.69) is 13.2 Å². The van der Waals surface area contributed by atoms with Gasteiger partial charge < -0.3 is 38.6 Å². The molecule has 0 aromatic heterocycles. The fourth-order valence-corrected chi connectivity index (χ4v) is 6.31. The first-order valence-electron chi connectivity index (χ1n) is 20.1. The molecule has 0 saturated heterocycles. The van der Waals surface area contributed by atoms with E-state index in [1.54, 1.807) is 54.6 Å². The van der Waals surface area contributed by atoms with Gasteiger partial charge in [-0.3, -0.25) is 0 Å². The number of hydrogen-bond acceptors (Lipinski definition) is 12. The summed E-state index contributed by atoms with van der Waals surface area (Å²) in [5, 5.41) is 19.7. The van der Waals surface area contributed by atoms with Gasteiger partial charge in [-0.15, -0.1) is 0 Å². The number of carbonyl (C=O) groups excluding carboxylic acids is 4. The van der Waals surface area contributed by atoms with Gasteiger partial charge >= 0.3 is 23.9 Å². The summed E-state index contributed by atoms with van der Waals surface area (Å²) in [6.45, 7) is 7.66. The SMILES string of the molecule is C=CC(=O)OCC(O)CCCCCCOc1ccc(C(=O)Oc2ccc3c(c2)CCC(OC(=O)c2ccc(OCCCCCCC(O)COC(=O)C=C)cc2)C3)cc1. The molecular formula is C46H56O12. The van der Waals surface area contributed by atoms with Crippen LogP contribution in [0.3, 0.4) is 0 Å². The van der Waals surface area contributed by atoms with Crippen molar-refractivity contribution in [2.24, 2.45) is 0 Å². The molecule has 3 aromatic carbocycles. The molecule has 0 spiro atoms. The zero-order chi connectivity index (χ0) is 41.5. The van der Waals surface area contributed by atoms with E-state index in [9.17, 15) is 29.4 Å². The lowest BCUT2D eigenvalue weighted by Gasteiger charge is -2.25. The summed E-state index contributed by atoms with van der Waals surface area (Å²) in [5.41, 5.74) is 2.95. The quantitative estimate of drug-likeness (QED) is 0.0271. The molecule has 1 aliphatic rings. The predicted molar refractivity (Wildman–Crippen MR) is 217 cm³/mol. The van der Waals surface area contributed by atoms with Crippen molar-refractivity contribution in [3.63, 3.8) is 0 Å². The number of rotatable bonds is 26. The summed E-state index contributed by atoms with van der Waals surface area (Å²) < 4.78 is 32.8. The third kappa shape index (κ3) is 16.6. The van der Waals surface area contributed by atoms with Crippen LogP contribution in [0.1, 0.15) is 102 Å². The molecule has 0 bridgehead atoms. The van der Waals surface area contributed by atoms with E-state index in [0.717, 1.165) is 74.6 Å². The highest BCUT2D eigenvalue weighted by molar-refractivity contribution is 5.91. The summed E-state index contributed by atoms with van der Waals surface area (Å²) in [5.74, 6) is -0.161. The normalized spacial score (nSPS) is 14.2. The molecule has 312 valence electrons. The summed E-state index contributed by atoms with van der Waals surface area (Å²) in [6.07, 6.45) is 10.6. The molecule has 0 saturated carbocycles. The summed E-state index contributed by atoms with van der Waals surface area (Å²) in [6, 6.07) is 19.3. The van der Waals surface area contributed by atoms with E-state index >= 15 is 0 Å². The van der Waals surface area contributed by atoms with Crippen molar-refractivity contribution in [3.8, 4) is 17.2 Å². The first-order valence-corrected chi connectivity index (χ1v) is 20.1. The van der Waals surface area contributed by atoms with Crippen LogP contribution in [0.2, 0.25) is 0 Å². The molecule has 1 aliphatic carbocycles. The van der Waals surface area contributed by atoms with Crippen LogP contribution < -0.4 is 14.2 Å². The molecule has 3 aromatic rings. The van der Waals surface area contributed by atoms with E-state index in [1.807, 2.05) is 12.1 Å². The predicted octanol–water partition coefficient (Wildman–Crippen LogP) is 7.46. The lowest BCUT2D eigenvalue weighted by Crippen LogP contribution is -2.25. The van der Waals surface area contributed by atoms with E-state index in [1.165, 1.54) is 0 Å². The fraction of sp³-hybridized carbons (Fsp3) is 0.435. The minimum atomic E-state index is -0.678. The zero-order valence-corrected chi connectivity index (χ0v) is 33.1. The molecule has 12 nitrogen and oxygen atoms in total. The highest BCUT2D eigenvalue weighted by Crippen LogP contribution is 2.28. The van der Waals surface area contributed by atoms with Gasteiger partial charge in [0.25, 0.3) is 0 Å². The number of carbonyl (C=O) groups is 4. The largest absolute Gasteiger partial charge is 0.494 e. The Hall–Kier alpha value is -5.46. The van der Waals surface area contributed by atoms with Crippen LogP contribution >= 0.6 is 0 Å². The van der Waals surface area contributed by atoms with Crippen LogP contribution in [-0.4, -0.2) is 78.8 Å². The summed E-state index contributed by atoms with van der Waals surface area (Å²) >= 11 is 0. The van der Waals surface area contributed by atoms with E-state index in [0.29, 0.717) is 73.7 Å². The zero-order valence-electron chi connectivity index (χ0n) is 33.1. The second-order valence-electron chi connectivity index (χ2n) is 14.2. The maximum atomic E-state index is 12.9. The molecule has 0 aliphatic heterocycles. The Kier molecular flexibility index (Phi) is 19.5. The molecule has 0 heterocycles. The van der Waals surface area contributed by atoms with Gasteiger partial charge in [-0.25, -0.2) is 19.2 Å². The van der Waals surface area contributed by atoms with Gasteiger partial charge in [-0.2, -0.15) is 0 Å². The van der Waals surface area contributed by atoms with E-state index in [4.69, 9.17) is 28.4 Å². The van der Waals surface area contributed by atoms with Crippen molar-refractivity contribution < 1.29 is 57.8 Å². The van der Waals surface area contributed by atoms with Crippen molar-refractivity contribution in [1.82, 2.24) is 0 Å². The maximum Gasteiger partial charge on any atom is 0.343 e. The minimum absolute atomic E-state index is 0.0231. The van der Waals surface area contributed by atoms with Crippen molar-refractivity contribution in [3.05, 3.63) is 114 Å². The molecule has 0 radical (unpaired) electrons. The number of aliphatic hydroxyl groups is 2. The van der Waals surface area contributed by atoms with Crippen LogP contribution in [0.5, 0.6) is 17.2 Å². The Morgan fingerprint density at radius 3 is 1.62 bits per heavy atom. The van der Waals surface area contributed by atoms with Gasteiger partial charge in [0.1, 0.15) is 36.6 Å². The second kappa shape index (κ2) is 25.0. The molecule has 0 fully saturated rings. The summed E-state index contributed by atoms with van der Waals surface area (Å²) in [4.78, 5) is 47.9. The van der Waals surface area contributed by atoms with Gasteiger partial charge in [0.15, 0.2) is 0 Å². The lowest BCUT2D eigenvalue weighted by molar-refractivity contribution is -0.141. The van der Waals surface area contributed by atoms with Crippen molar-refractivity contribution >= 4 is 23.9 Å². The third-order valence-corrected chi connectivity index (χ3v) is 9.60. The lowest BCUT2D eigenvalue weighted by atomic mass is 9.89. The van der Waals surface area contributed by atoms with Crippen LogP contribution in [0.4, 0.5) is 0 Å². The molecule has 58 heavy (non-hydrogen) atoms. The fourth-order valence-electron chi connectivity index (χ4n) is 6.31. The number of hydrogen-bond donors (Lipinski definition) is 2. The Balaban J connectivity index is 1.09. The first-order chi connectivity index (χ1) is 28.1. The number of benzene rings is 3. The van der Waals surface area contributed by atoms with Crippen LogP contribution in [0.15, 0.2) is 92.0 Å². The summed E-state index contributed by atoms with van der Waals surface area (Å²) in [7, 11) is 0. The standard InChI is InChI=1S/C46H56O12/c1-3-43(49)55-31-37(47)13-9-5-7-11-27-53-39-21-15-33(16-22-39)45(51)57-41-25-19-36-30-42(26-20-35(36)29-41)58-46(52)34-17-23-40(24-18-34)54-28-12-8-6-10-14-38(48)32-56-44(50)4-2/h3-4,15-19,21-25,29,37-38,42,47-48H,1-2,5-14,20,26-28,30-32H2. The van der Waals surface area contributed by atoms with Gasteiger partial charge in [-0.1, -0.05) is 57.7 Å². The first kappa shape index (κ1) is 45.2. The maximum absolute atomic E-state index is 12.9. The molecule has 3 atom stereocenters. The second-order valence-corrected chi connectivity index (χ2v) is 14.2. The molecule has 3 unspecified atom stereocenters. The molecule has 4 rings (SSSR count). The average Bonchev–Trinajstić information content (AvgIpc) is 3.24. The topological polar surface area (TPSA) is 164 Å². The third-order valence-electron chi connectivity index (χ3n) is 9.60. The van der Waals surface area contributed by atoms with Crippen molar-refractivity contribution in [2.75, 3.05) is 26.4 Å². The Morgan fingerprint density at radius 1 is 0.621 bits per heavy atom. The smallest absolute Gasteiger partial charge is 0.343 e. The van der Waals surface area contributed by atoms with Crippen LogP contribution in [-0.2, 0) is 36.6 Å². The van der Waals surface area contributed by atoms with Crippen molar-refractivity contribution in [1.29, 1.82) is 0 Å². The average molecular weight is 801 g/mol. The molecular weight excluding hydrogens is 744 g/mol. The van der Waals surface area contributed by atoms with Crippen LogP contribution in [0.25, 0.3) is 0 Å². The molecule has 2 N–H and O–H groups in total. The number of aliphatic hydroxyl groups excluding tert-OH is 2. The van der Waals surface area contributed by atoms with Gasteiger partial charge in [0.05, 0.1) is 36.5 Å². The van der Waals surface area contributed by atoms with E-state index < -0.39 is 30.1 Å². The Morgan fingerprint density at radius 2 is 1.10 bits per heavy atom. The Bertz CT molecular complexity index is 1770. The number of aryl methyl sites for hydroxylation is 1. The number of unbranched alkanes of at least 4 members (excludes halogenated alkanes) is 6. The Labute approximate surface area is 340 Å². The van der Waals surface area contributed by atoms with E-state index in [-0.39, 0.29) is 25.3 Å². The van der Waals surface area contributed by atoms with Crippen LogP contribution in [0, 0.1) is 0 Å². The highest BCUT2D eigenvalue weighted by atomic mass is 16.6. The van der Waals surface area contributed by atoms with Gasteiger partial charge in [-0.05, 0) is 110 Å². The highest BCUT2D eigenvalue weighted by Gasteiger charge is 2.24. The monoisotopic (exact) mass is 800 g/mol. The number of fused-ring (bicyclic) bond motifs is 1. The molecule has 0 amide bonds. The van der Waals surface area contributed by atoms with Gasteiger partial charge in [0, 0.05) is 18.6 Å². The molecule has 12 heteroatoms.